The molecule has 0 aromatic carbocycles. The van der Waals surface area contributed by atoms with Crippen molar-refractivity contribution in [3.63, 3.8) is 0 Å². The minimum absolute atomic E-state index is 0.0104. The van der Waals surface area contributed by atoms with E-state index in [-0.39, 0.29) is 12.0 Å². The van der Waals surface area contributed by atoms with Crippen molar-refractivity contribution in [2.24, 2.45) is 0 Å². The lowest BCUT2D eigenvalue weighted by Gasteiger charge is -2.23. The van der Waals surface area contributed by atoms with E-state index in [1.807, 2.05) is 0 Å². The first-order chi connectivity index (χ1) is 4.61. The Morgan fingerprint density at radius 2 is 2.10 bits per heavy atom. The minimum atomic E-state index is -4.73. The van der Waals surface area contributed by atoms with Gasteiger partial charge in [-0.3, -0.25) is 0 Å². The van der Waals surface area contributed by atoms with Crippen LogP contribution >= 0.6 is 0 Å². The van der Waals surface area contributed by atoms with E-state index in [1.54, 1.807) is 0 Å². The van der Waals surface area contributed by atoms with Crippen molar-refractivity contribution in [3.05, 3.63) is 11.5 Å². The first kappa shape index (κ1) is 7.66. The van der Waals surface area contributed by atoms with E-state index >= 15 is 0 Å². The second kappa shape index (κ2) is 2.66. The summed E-state index contributed by atoms with van der Waals surface area (Å²) in [7, 11) is 0. The monoisotopic (exact) mass is 150 g/mol. The van der Waals surface area contributed by atoms with Gasteiger partial charge in [-0.15, -0.1) is 11.5 Å². The van der Waals surface area contributed by atoms with E-state index in [4.69, 9.17) is 0 Å². The van der Waals surface area contributed by atoms with Gasteiger partial charge in [0.1, 0.15) is 0 Å². The van der Waals surface area contributed by atoms with Crippen LogP contribution in [0.4, 0.5) is 12.9 Å². The van der Waals surface area contributed by atoms with Crippen molar-refractivity contribution in [3.8, 4) is 0 Å². The Labute approximate surface area is 57.4 Å². The summed E-state index contributed by atoms with van der Waals surface area (Å²) in [5.41, 5.74) is -0.383. The summed E-state index contributed by atoms with van der Waals surface area (Å²) >= 11 is 0. The third-order valence-corrected chi connectivity index (χ3v) is 1.48. The lowest BCUT2D eigenvalue weighted by atomic mass is 9.77. The van der Waals surface area contributed by atoms with Crippen LogP contribution in [0, 0.1) is 0 Å². The Balaban J connectivity index is 2.62. The number of rotatable bonds is 1. The molecule has 1 rings (SSSR count). The van der Waals surface area contributed by atoms with Crippen LogP contribution in [0.5, 0.6) is 0 Å². The molecule has 5 heteroatoms. The van der Waals surface area contributed by atoms with Crippen LogP contribution in [0.2, 0.25) is 0 Å². The highest BCUT2D eigenvalue weighted by atomic mass is 19.4. The predicted octanol–water partition coefficient (Wildman–Crippen LogP) is 1.29. The first-order valence-corrected chi connectivity index (χ1v) is 3.20. The Kier molecular flexibility index (Phi) is 2.04. The zero-order valence-corrected chi connectivity index (χ0v) is 5.41. The van der Waals surface area contributed by atoms with Crippen LogP contribution in [-0.2, 0) is 0 Å². The Morgan fingerprint density at radius 3 is 2.40 bits per heavy atom. The molecule has 58 valence electrons. The van der Waals surface area contributed by atoms with Crippen molar-refractivity contribution in [2.75, 3.05) is 13.1 Å². The summed E-state index contributed by atoms with van der Waals surface area (Å²) in [5, 5.41) is 2.67. The zero-order valence-electron chi connectivity index (χ0n) is 5.41. The summed E-state index contributed by atoms with van der Waals surface area (Å²) in [6, 6.07) is 0. The third kappa shape index (κ3) is 1.77. The highest BCUT2D eigenvalue weighted by Crippen LogP contribution is 2.20. The van der Waals surface area contributed by atoms with Crippen molar-refractivity contribution in [2.45, 2.75) is 6.42 Å². The summed E-state index contributed by atoms with van der Waals surface area (Å²) in [6.07, 6.45) is 1.77. The summed E-state index contributed by atoms with van der Waals surface area (Å²) in [4.78, 5) is 0. The van der Waals surface area contributed by atoms with Gasteiger partial charge in [-0.1, -0.05) is 0 Å². The summed E-state index contributed by atoms with van der Waals surface area (Å²) in [5.74, 6) is 0. The topological polar surface area (TPSA) is 12.0 Å². The molecule has 1 N–H and O–H groups in total. The molecule has 1 aliphatic rings. The molecule has 1 nitrogen and oxygen atoms in total. The number of nitrogens with one attached hydrogen (secondary N) is 1. The van der Waals surface area contributed by atoms with E-state index < -0.39 is 6.98 Å². The van der Waals surface area contributed by atoms with Gasteiger partial charge in [-0.25, -0.2) is 0 Å². The fourth-order valence-corrected chi connectivity index (χ4v) is 0.914. The Morgan fingerprint density at radius 1 is 1.40 bits per heavy atom. The molecule has 0 radical (unpaired) electrons. The smallest absolute Gasteiger partial charge is 0.445 e. The molecule has 0 atom stereocenters. The molecule has 0 aromatic heterocycles. The van der Waals surface area contributed by atoms with Gasteiger partial charge in [-0.2, -0.15) is 0 Å². The van der Waals surface area contributed by atoms with Gasteiger partial charge < -0.3 is 18.3 Å². The normalized spacial score (nSPS) is 20.5. The molecule has 0 fully saturated rings. The largest absolute Gasteiger partial charge is 0.506 e. The molecule has 10 heavy (non-hydrogen) atoms. The van der Waals surface area contributed by atoms with E-state index in [1.165, 1.54) is 6.08 Å². The average Bonchev–Trinajstić information content (AvgIpc) is 1.88. The van der Waals surface area contributed by atoms with E-state index in [0.29, 0.717) is 13.0 Å². The Bertz CT molecular complexity index is 151. The van der Waals surface area contributed by atoms with Crippen LogP contribution in [0.3, 0.4) is 0 Å². The standard InChI is InChI=1S/C5H8BF3N/c7-6(8,9)5-2-1-3-10-4-5/h2,10H,1,3-4H2/q-1. The maximum atomic E-state index is 11.9. The van der Waals surface area contributed by atoms with Crippen LogP contribution in [0.25, 0.3) is 0 Å². The number of hydrogen-bond donors (Lipinski definition) is 1. The highest BCUT2D eigenvalue weighted by Gasteiger charge is 2.28. The molecule has 0 aromatic rings. The molecule has 0 aliphatic carbocycles. The predicted molar refractivity (Wildman–Crippen MR) is 34.6 cm³/mol. The molecule has 0 spiro atoms. The maximum Gasteiger partial charge on any atom is 0.506 e. The average molecular weight is 150 g/mol. The highest BCUT2D eigenvalue weighted by molar-refractivity contribution is 6.66. The third-order valence-electron chi connectivity index (χ3n) is 1.48. The van der Waals surface area contributed by atoms with Gasteiger partial charge in [0.15, 0.2) is 0 Å². The van der Waals surface area contributed by atoms with Crippen LogP contribution < -0.4 is 5.32 Å². The second-order valence-corrected chi connectivity index (χ2v) is 2.32. The van der Waals surface area contributed by atoms with Gasteiger partial charge in [0.2, 0.25) is 0 Å². The lowest BCUT2D eigenvalue weighted by Crippen LogP contribution is -2.32. The zero-order chi connectivity index (χ0) is 7.61. The molecular weight excluding hydrogens is 142 g/mol. The fraction of sp³-hybridized carbons (Fsp3) is 0.600. The maximum absolute atomic E-state index is 11.9. The molecule has 0 unspecified atom stereocenters. The fourth-order valence-electron chi connectivity index (χ4n) is 0.914. The van der Waals surface area contributed by atoms with Crippen molar-refractivity contribution >= 4 is 6.98 Å². The first-order valence-electron chi connectivity index (χ1n) is 3.20. The molecule has 0 amide bonds. The van der Waals surface area contributed by atoms with Gasteiger partial charge in [-0.05, 0) is 19.5 Å². The SMILES string of the molecule is F[B-](F)(F)C1=CCCNC1. The van der Waals surface area contributed by atoms with E-state index in [9.17, 15) is 12.9 Å². The molecule has 1 heterocycles. The quantitative estimate of drug-likeness (QED) is 0.555. The van der Waals surface area contributed by atoms with Crippen LogP contribution in [-0.4, -0.2) is 20.1 Å². The lowest BCUT2D eigenvalue weighted by molar-refractivity contribution is 0.481. The second-order valence-electron chi connectivity index (χ2n) is 2.32. The van der Waals surface area contributed by atoms with E-state index in [2.05, 4.69) is 5.32 Å². The molecule has 0 saturated carbocycles. The van der Waals surface area contributed by atoms with Gasteiger partial charge in [0, 0.05) is 0 Å². The number of hydrogen-bond acceptors (Lipinski definition) is 1. The summed E-state index contributed by atoms with van der Waals surface area (Å²) < 4.78 is 35.7. The number of halogens is 3. The minimum Gasteiger partial charge on any atom is -0.445 e. The molecule has 1 aliphatic heterocycles. The van der Waals surface area contributed by atoms with Gasteiger partial charge >= 0.3 is 6.98 Å². The molecule has 0 saturated heterocycles. The summed E-state index contributed by atoms with van der Waals surface area (Å²) in [6.45, 7) is -4.08. The van der Waals surface area contributed by atoms with Crippen LogP contribution in [0.1, 0.15) is 6.42 Å². The van der Waals surface area contributed by atoms with Gasteiger partial charge in [0.05, 0.1) is 0 Å². The van der Waals surface area contributed by atoms with Gasteiger partial charge in [0.25, 0.3) is 0 Å². The Hall–Kier alpha value is -0.445. The van der Waals surface area contributed by atoms with E-state index in [0.717, 1.165) is 0 Å². The molecular formula is C5H8BF3N-. The van der Waals surface area contributed by atoms with Crippen molar-refractivity contribution < 1.29 is 12.9 Å². The van der Waals surface area contributed by atoms with Crippen molar-refractivity contribution in [1.82, 2.24) is 5.32 Å². The molecule has 0 bridgehead atoms. The van der Waals surface area contributed by atoms with Crippen LogP contribution in [0.15, 0.2) is 11.5 Å². The van der Waals surface area contributed by atoms with Crippen molar-refractivity contribution in [1.29, 1.82) is 0 Å².